The lowest BCUT2D eigenvalue weighted by atomic mass is 9.97. The molecule has 2 aromatic heterocycles. The molecule has 0 aliphatic heterocycles. The summed E-state index contributed by atoms with van der Waals surface area (Å²) in [5, 5.41) is 10.0. The first-order valence-electron chi connectivity index (χ1n) is 9.03. The second kappa shape index (κ2) is 7.15. The van der Waals surface area contributed by atoms with Crippen molar-refractivity contribution < 1.29 is 4.79 Å². The van der Waals surface area contributed by atoms with Crippen LogP contribution in [0.1, 0.15) is 21.5 Å². The average Bonchev–Trinajstić information content (AvgIpc) is 2.69. The van der Waals surface area contributed by atoms with Crippen LogP contribution >= 0.6 is 0 Å². The molecule has 28 heavy (non-hydrogen) atoms. The number of aromatic amines is 1. The van der Waals surface area contributed by atoms with E-state index in [1.54, 1.807) is 18.5 Å². The van der Waals surface area contributed by atoms with Crippen molar-refractivity contribution >= 4 is 11.6 Å². The second-order valence-corrected chi connectivity index (χ2v) is 6.85. The van der Waals surface area contributed by atoms with Gasteiger partial charge in [0, 0.05) is 36.3 Å². The number of hydrogen-bond acceptors (Lipinski definition) is 3. The molecule has 0 bridgehead atoms. The fourth-order valence-electron chi connectivity index (χ4n) is 3.19. The Bertz CT molecular complexity index is 1140. The van der Waals surface area contributed by atoms with Crippen LogP contribution in [0.25, 0.3) is 22.5 Å². The summed E-state index contributed by atoms with van der Waals surface area (Å²) in [4.78, 5) is 16.5. The molecule has 1 amide bonds. The Hall–Kier alpha value is -3.67. The first-order chi connectivity index (χ1) is 13.5. The maximum atomic E-state index is 12.5. The van der Waals surface area contributed by atoms with Gasteiger partial charge in [0.05, 0.1) is 0 Å². The highest BCUT2D eigenvalue weighted by Gasteiger charge is 2.11. The molecule has 2 N–H and O–H groups in total. The normalized spacial score (nSPS) is 10.8. The molecule has 0 saturated carbocycles. The van der Waals surface area contributed by atoms with E-state index in [0.29, 0.717) is 5.56 Å². The van der Waals surface area contributed by atoms with Crippen LogP contribution in [0.4, 0.5) is 5.69 Å². The van der Waals surface area contributed by atoms with Crippen molar-refractivity contribution in [3.63, 3.8) is 0 Å². The summed E-state index contributed by atoms with van der Waals surface area (Å²) in [6, 6.07) is 15.9. The molecule has 2 heterocycles. The van der Waals surface area contributed by atoms with Gasteiger partial charge in [0.2, 0.25) is 0 Å². The third kappa shape index (κ3) is 3.32. The van der Waals surface area contributed by atoms with Crippen molar-refractivity contribution in [2.24, 2.45) is 7.05 Å². The van der Waals surface area contributed by atoms with Gasteiger partial charge in [-0.25, -0.2) is 5.21 Å². The number of benzene rings is 2. The van der Waals surface area contributed by atoms with Gasteiger partial charge >= 0.3 is 0 Å². The van der Waals surface area contributed by atoms with E-state index in [1.807, 2.05) is 42.9 Å². The van der Waals surface area contributed by atoms with Crippen LogP contribution < -0.4 is 5.32 Å². The van der Waals surface area contributed by atoms with Gasteiger partial charge in [-0.2, -0.15) is 0 Å². The number of aryl methyl sites for hydroxylation is 3. The minimum absolute atomic E-state index is 0.135. The maximum absolute atomic E-state index is 12.5. The summed E-state index contributed by atoms with van der Waals surface area (Å²) in [6.45, 7) is 3.96. The number of aromatic nitrogens is 4. The Morgan fingerprint density at radius 2 is 1.75 bits per heavy atom. The maximum Gasteiger partial charge on any atom is 0.256 e. The zero-order valence-corrected chi connectivity index (χ0v) is 16.0. The Balaban J connectivity index is 1.57. The van der Waals surface area contributed by atoms with Gasteiger partial charge in [0.1, 0.15) is 0 Å². The van der Waals surface area contributed by atoms with Gasteiger partial charge in [-0.05, 0) is 60.4 Å². The molecule has 0 spiro atoms. The smallest absolute Gasteiger partial charge is 0.256 e. The van der Waals surface area contributed by atoms with Crippen molar-refractivity contribution in [1.82, 2.24) is 20.0 Å². The van der Waals surface area contributed by atoms with Crippen LogP contribution in [0.2, 0.25) is 0 Å². The fraction of sp³-hybridized carbons (Fsp3) is 0.136. The van der Waals surface area contributed by atoms with Crippen molar-refractivity contribution in [3.05, 3.63) is 77.6 Å². The number of carbonyl (C=O) groups excluding carboxylic acids is 1. The Labute approximate surface area is 163 Å². The number of rotatable bonds is 4. The summed E-state index contributed by atoms with van der Waals surface area (Å²) in [7, 11) is 1.93. The molecule has 6 nitrogen and oxygen atoms in total. The number of carbonyl (C=O) groups is 1. The van der Waals surface area contributed by atoms with E-state index in [9.17, 15) is 4.79 Å². The number of H-pyrrole nitrogens is 1. The molecule has 0 aliphatic carbocycles. The van der Waals surface area contributed by atoms with Crippen molar-refractivity contribution in [3.8, 4) is 22.5 Å². The largest absolute Gasteiger partial charge is 0.322 e. The van der Waals surface area contributed by atoms with Gasteiger partial charge < -0.3 is 5.32 Å². The second-order valence-electron chi connectivity index (χ2n) is 6.85. The van der Waals surface area contributed by atoms with Gasteiger partial charge in [-0.3, -0.25) is 14.5 Å². The first-order valence-corrected chi connectivity index (χ1v) is 9.03. The lowest BCUT2D eigenvalue weighted by molar-refractivity contribution is 0.102. The van der Waals surface area contributed by atoms with E-state index < -0.39 is 0 Å². The van der Waals surface area contributed by atoms with Gasteiger partial charge in [-0.15, -0.1) is 5.10 Å². The summed E-state index contributed by atoms with van der Waals surface area (Å²) < 4.78 is 1.88. The highest BCUT2D eigenvalue weighted by Crippen LogP contribution is 2.29. The Morgan fingerprint density at radius 3 is 2.39 bits per heavy atom. The third-order valence-electron chi connectivity index (χ3n) is 4.84. The van der Waals surface area contributed by atoms with E-state index >= 15 is 0 Å². The van der Waals surface area contributed by atoms with E-state index in [2.05, 4.69) is 45.7 Å². The molecule has 0 fully saturated rings. The van der Waals surface area contributed by atoms with Crippen LogP contribution in [-0.2, 0) is 7.05 Å². The number of amides is 1. The fourth-order valence-corrected chi connectivity index (χ4v) is 3.19. The number of pyridine rings is 1. The topological polar surface area (TPSA) is 75.6 Å². The van der Waals surface area contributed by atoms with Gasteiger partial charge in [-0.1, -0.05) is 24.3 Å². The van der Waals surface area contributed by atoms with E-state index in [1.165, 1.54) is 5.56 Å². The molecule has 2 aromatic carbocycles. The predicted octanol–water partition coefficient (Wildman–Crippen LogP) is 4.35. The Morgan fingerprint density at radius 1 is 1.00 bits per heavy atom. The van der Waals surface area contributed by atoms with Crippen molar-refractivity contribution in [2.75, 3.05) is 5.32 Å². The third-order valence-corrected chi connectivity index (χ3v) is 4.84. The number of nitrogens with zero attached hydrogens (tertiary/aromatic N) is 3. The van der Waals surface area contributed by atoms with E-state index in [4.69, 9.17) is 0 Å². The van der Waals surface area contributed by atoms with Crippen LogP contribution in [0, 0.1) is 13.8 Å². The van der Waals surface area contributed by atoms with Gasteiger partial charge in [0.25, 0.3) is 5.91 Å². The average molecular weight is 371 g/mol. The lowest BCUT2D eigenvalue weighted by Gasteiger charge is -2.14. The van der Waals surface area contributed by atoms with E-state index in [0.717, 1.165) is 33.8 Å². The van der Waals surface area contributed by atoms with Crippen molar-refractivity contribution in [2.45, 2.75) is 13.8 Å². The minimum atomic E-state index is -0.135. The minimum Gasteiger partial charge on any atom is -0.322 e. The highest BCUT2D eigenvalue weighted by atomic mass is 16.1. The predicted molar refractivity (Wildman–Crippen MR) is 110 cm³/mol. The molecular weight excluding hydrogens is 350 g/mol. The zero-order valence-electron chi connectivity index (χ0n) is 16.0. The SMILES string of the molecule is Cc1cnccc1C(=O)Nc1ccc(-c2cc(-c3n[nH]n3C)ccc2C)cc1. The molecule has 4 aromatic rings. The summed E-state index contributed by atoms with van der Waals surface area (Å²) in [5.74, 6) is 0.780. The Kier molecular flexibility index (Phi) is 4.53. The summed E-state index contributed by atoms with van der Waals surface area (Å²) in [5.41, 5.74) is 6.71. The lowest BCUT2D eigenvalue weighted by Crippen LogP contribution is -2.13. The van der Waals surface area contributed by atoms with Crippen LogP contribution in [0.3, 0.4) is 0 Å². The summed E-state index contributed by atoms with van der Waals surface area (Å²) >= 11 is 0. The molecule has 0 saturated heterocycles. The van der Waals surface area contributed by atoms with Crippen molar-refractivity contribution in [1.29, 1.82) is 0 Å². The molecular formula is C22H21N5O. The van der Waals surface area contributed by atoms with Crippen LogP contribution in [-0.4, -0.2) is 25.9 Å². The molecule has 0 aliphatic rings. The number of hydrogen-bond donors (Lipinski definition) is 2. The highest BCUT2D eigenvalue weighted by molar-refractivity contribution is 6.05. The zero-order chi connectivity index (χ0) is 19.7. The number of nitrogens with one attached hydrogen (secondary N) is 2. The van der Waals surface area contributed by atoms with Crippen LogP contribution in [0.5, 0.6) is 0 Å². The standard InChI is InChI=1S/C22H21N5O/c1-14-4-5-17(21-25-26-27(21)3)12-20(14)16-6-8-18(9-7-16)24-22(28)19-10-11-23-13-15(19)2/h4-13,26H,1-3H3,(H,24,28). The van der Waals surface area contributed by atoms with E-state index in [-0.39, 0.29) is 5.91 Å². The monoisotopic (exact) mass is 371 g/mol. The molecule has 0 unspecified atom stereocenters. The molecule has 4 rings (SSSR count). The summed E-state index contributed by atoms with van der Waals surface area (Å²) in [6.07, 6.45) is 3.31. The molecule has 140 valence electrons. The molecule has 0 atom stereocenters. The first kappa shape index (κ1) is 17.7. The van der Waals surface area contributed by atoms with Crippen LogP contribution in [0.15, 0.2) is 60.9 Å². The molecule has 0 radical (unpaired) electrons. The van der Waals surface area contributed by atoms with Gasteiger partial charge in [0.15, 0.2) is 5.82 Å². The quantitative estimate of drug-likeness (QED) is 0.560. The number of anilines is 1. The molecule has 6 heteroatoms.